The van der Waals surface area contributed by atoms with Crippen LogP contribution in [0.15, 0.2) is 30.5 Å². The topological polar surface area (TPSA) is 44.9 Å². The van der Waals surface area contributed by atoms with Gasteiger partial charge >= 0.3 is 0 Å². The number of rotatable bonds is 2. The van der Waals surface area contributed by atoms with Crippen LogP contribution in [0.25, 0.3) is 10.9 Å². The maximum Gasteiger partial charge on any atom is 0.239 e. The van der Waals surface area contributed by atoms with Gasteiger partial charge in [0.05, 0.1) is 5.69 Å². The van der Waals surface area contributed by atoms with E-state index in [9.17, 15) is 4.79 Å². The molecule has 0 bridgehead atoms. The fourth-order valence-electron chi connectivity index (χ4n) is 1.38. The van der Waals surface area contributed by atoms with Crippen LogP contribution in [0, 0.1) is 0 Å². The Morgan fingerprint density at radius 3 is 3.07 bits per heavy atom. The summed E-state index contributed by atoms with van der Waals surface area (Å²) in [6, 6.07) is 7.59. The van der Waals surface area contributed by atoms with Gasteiger partial charge in [-0.1, -0.05) is 6.07 Å². The summed E-state index contributed by atoms with van der Waals surface area (Å²) < 4.78 is 0. The highest BCUT2D eigenvalue weighted by molar-refractivity contribution is 6.29. The fourth-order valence-corrected chi connectivity index (χ4v) is 1.44. The molecule has 3 nitrogen and oxygen atoms in total. The van der Waals surface area contributed by atoms with Crippen LogP contribution in [0.4, 0.5) is 5.69 Å². The number of carbonyl (C=O) groups excluding carboxylic acids is 1. The number of aromatic nitrogens is 1. The quantitative estimate of drug-likeness (QED) is 0.732. The highest BCUT2D eigenvalue weighted by Crippen LogP contribution is 2.21. The van der Waals surface area contributed by atoms with E-state index in [1.54, 1.807) is 0 Å². The van der Waals surface area contributed by atoms with E-state index in [4.69, 9.17) is 11.6 Å². The van der Waals surface area contributed by atoms with Crippen molar-refractivity contribution in [2.45, 2.75) is 0 Å². The molecule has 0 saturated carbocycles. The number of benzene rings is 1. The Labute approximate surface area is 86.1 Å². The Balaban J connectivity index is 2.41. The SMILES string of the molecule is O=C(CCl)Nc1cccc2[nH]ccc12. The van der Waals surface area contributed by atoms with E-state index in [0.717, 1.165) is 16.6 Å². The van der Waals surface area contributed by atoms with Crippen LogP contribution in [-0.4, -0.2) is 16.8 Å². The zero-order valence-corrected chi connectivity index (χ0v) is 8.14. The first kappa shape index (κ1) is 9.09. The van der Waals surface area contributed by atoms with Crippen LogP contribution in [0.2, 0.25) is 0 Å². The molecule has 2 rings (SSSR count). The van der Waals surface area contributed by atoms with Crippen LogP contribution in [0.1, 0.15) is 0 Å². The zero-order chi connectivity index (χ0) is 9.97. The molecule has 0 aliphatic rings. The molecule has 1 amide bonds. The van der Waals surface area contributed by atoms with Crippen LogP contribution < -0.4 is 5.32 Å². The molecule has 0 fully saturated rings. The Hall–Kier alpha value is -1.48. The number of hydrogen-bond donors (Lipinski definition) is 2. The van der Waals surface area contributed by atoms with Crippen molar-refractivity contribution >= 4 is 34.1 Å². The molecular formula is C10H9ClN2O. The Morgan fingerprint density at radius 1 is 1.43 bits per heavy atom. The van der Waals surface area contributed by atoms with Crippen LogP contribution in [-0.2, 0) is 4.79 Å². The molecule has 0 atom stereocenters. The van der Waals surface area contributed by atoms with E-state index in [1.165, 1.54) is 0 Å². The largest absolute Gasteiger partial charge is 0.361 e. The average molecular weight is 209 g/mol. The van der Waals surface area contributed by atoms with Crippen molar-refractivity contribution in [1.82, 2.24) is 4.98 Å². The summed E-state index contributed by atoms with van der Waals surface area (Å²) in [7, 11) is 0. The number of hydrogen-bond acceptors (Lipinski definition) is 1. The van der Waals surface area contributed by atoms with E-state index in [0.29, 0.717) is 0 Å². The summed E-state index contributed by atoms with van der Waals surface area (Å²) in [5.74, 6) is -0.221. The molecule has 14 heavy (non-hydrogen) atoms. The molecule has 2 N–H and O–H groups in total. The molecule has 0 radical (unpaired) electrons. The highest BCUT2D eigenvalue weighted by Gasteiger charge is 2.04. The molecular weight excluding hydrogens is 200 g/mol. The number of alkyl halides is 1. The minimum atomic E-state index is -0.194. The number of halogens is 1. The third-order valence-electron chi connectivity index (χ3n) is 1.99. The molecule has 1 heterocycles. The predicted octanol–water partition coefficient (Wildman–Crippen LogP) is 2.35. The molecule has 0 saturated heterocycles. The number of H-pyrrole nitrogens is 1. The summed E-state index contributed by atoms with van der Waals surface area (Å²) in [5, 5.41) is 3.72. The van der Waals surface area contributed by atoms with Crippen molar-refractivity contribution in [2.24, 2.45) is 0 Å². The number of carbonyl (C=O) groups is 1. The Kier molecular flexibility index (Phi) is 2.41. The van der Waals surface area contributed by atoms with Crippen LogP contribution in [0.3, 0.4) is 0 Å². The van der Waals surface area contributed by atoms with Crippen molar-refractivity contribution in [2.75, 3.05) is 11.2 Å². The molecule has 0 aliphatic carbocycles. The first-order valence-corrected chi connectivity index (χ1v) is 4.76. The van der Waals surface area contributed by atoms with Crippen molar-refractivity contribution in [3.63, 3.8) is 0 Å². The molecule has 1 aromatic heterocycles. The number of amides is 1. The average Bonchev–Trinajstić information content (AvgIpc) is 2.66. The summed E-state index contributed by atoms with van der Waals surface area (Å²) in [4.78, 5) is 14.2. The fraction of sp³-hybridized carbons (Fsp3) is 0.100. The van der Waals surface area contributed by atoms with E-state index in [-0.39, 0.29) is 11.8 Å². The van der Waals surface area contributed by atoms with Gasteiger partial charge in [-0.15, -0.1) is 11.6 Å². The maximum atomic E-state index is 11.1. The van der Waals surface area contributed by atoms with Gasteiger partial charge in [0.2, 0.25) is 5.91 Å². The van der Waals surface area contributed by atoms with E-state index in [2.05, 4.69) is 10.3 Å². The normalized spacial score (nSPS) is 10.4. The van der Waals surface area contributed by atoms with E-state index >= 15 is 0 Å². The second-order valence-corrected chi connectivity index (χ2v) is 3.19. The van der Waals surface area contributed by atoms with Gasteiger partial charge in [-0.05, 0) is 18.2 Å². The van der Waals surface area contributed by atoms with Crippen molar-refractivity contribution in [1.29, 1.82) is 0 Å². The summed E-state index contributed by atoms with van der Waals surface area (Å²) in [6.45, 7) is 0. The van der Waals surface area contributed by atoms with Crippen molar-refractivity contribution in [3.05, 3.63) is 30.5 Å². The molecule has 1 aromatic carbocycles. The monoisotopic (exact) mass is 208 g/mol. The minimum Gasteiger partial charge on any atom is -0.361 e. The third kappa shape index (κ3) is 1.59. The number of fused-ring (bicyclic) bond motifs is 1. The lowest BCUT2D eigenvalue weighted by molar-refractivity contribution is -0.113. The standard InChI is InChI=1S/C10H9ClN2O/c11-6-10(14)13-9-3-1-2-8-7(9)4-5-12-8/h1-5,12H,6H2,(H,13,14). The summed E-state index contributed by atoms with van der Waals surface area (Å²) >= 11 is 5.41. The smallest absolute Gasteiger partial charge is 0.239 e. The predicted molar refractivity (Wildman–Crippen MR) is 57.6 cm³/mol. The molecule has 72 valence electrons. The van der Waals surface area contributed by atoms with E-state index < -0.39 is 0 Å². The van der Waals surface area contributed by atoms with Gasteiger partial charge in [-0.3, -0.25) is 4.79 Å². The molecule has 0 aliphatic heterocycles. The summed E-state index contributed by atoms with van der Waals surface area (Å²) in [6.07, 6.45) is 1.83. The lowest BCUT2D eigenvalue weighted by Crippen LogP contribution is -2.12. The third-order valence-corrected chi connectivity index (χ3v) is 2.23. The number of anilines is 1. The van der Waals surface area contributed by atoms with Gasteiger partial charge in [0, 0.05) is 17.1 Å². The van der Waals surface area contributed by atoms with Crippen molar-refractivity contribution < 1.29 is 4.79 Å². The van der Waals surface area contributed by atoms with Gasteiger partial charge in [0.25, 0.3) is 0 Å². The van der Waals surface area contributed by atoms with Gasteiger partial charge in [0.1, 0.15) is 5.88 Å². The van der Waals surface area contributed by atoms with Gasteiger partial charge in [-0.2, -0.15) is 0 Å². The lowest BCUT2D eigenvalue weighted by Gasteiger charge is -2.03. The Bertz CT molecular complexity index is 464. The Morgan fingerprint density at radius 2 is 2.29 bits per heavy atom. The summed E-state index contributed by atoms with van der Waals surface area (Å²) in [5.41, 5.74) is 1.78. The molecule has 0 spiro atoms. The van der Waals surface area contributed by atoms with Gasteiger partial charge < -0.3 is 10.3 Å². The minimum absolute atomic E-state index is 0.0270. The zero-order valence-electron chi connectivity index (χ0n) is 7.38. The van der Waals surface area contributed by atoms with Crippen molar-refractivity contribution in [3.8, 4) is 0 Å². The lowest BCUT2D eigenvalue weighted by atomic mass is 10.2. The van der Waals surface area contributed by atoms with Crippen LogP contribution >= 0.6 is 11.6 Å². The molecule has 2 aromatic rings. The maximum absolute atomic E-state index is 11.1. The van der Waals surface area contributed by atoms with Gasteiger partial charge in [0.15, 0.2) is 0 Å². The first-order valence-electron chi connectivity index (χ1n) is 4.23. The molecule has 4 heteroatoms. The second-order valence-electron chi connectivity index (χ2n) is 2.93. The number of aromatic amines is 1. The molecule has 0 unspecified atom stereocenters. The highest BCUT2D eigenvalue weighted by atomic mass is 35.5. The second kappa shape index (κ2) is 3.72. The number of nitrogens with one attached hydrogen (secondary N) is 2. The first-order chi connectivity index (χ1) is 6.81. The van der Waals surface area contributed by atoms with Gasteiger partial charge in [-0.25, -0.2) is 0 Å². The van der Waals surface area contributed by atoms with Crippen LogP contribution in [0.5, 0.6) is 0 Å². The van der Waals surface area contributed by atoms with E-state index in [1.807, 2.05) is 30.5 Å².